The fourth-order valence-corrected chi connectivity index (χ4v) is 3.33. The van der Waals surface area contributed by atoms with Crippen LogP contribution in [-0.2, 0) is 16.0 Å². The maximum atomic E-state index is 12.5. The predicted octanol–water partition coefficient (Wildman–Crippen LogP) is 4.42. The van der Waals surface area contributed by atoms with Crippen LogP contribution in [0.3, 0.4) is 0 Å². The lowest BCUT2D eigenvalue weighted by Gasteiger charge is -2.14. The largest absolute Gasteiger partial charge is 0.493 e. The van der Waals surface area contributed by atoms with Gasteiger partial charge in [-0.05, 0) is 42.0 Å². The highest BCUT2D eigenvalue weighted by molar-refractivity contribution is 6.08. The van der Waals surface area contributed by atoms with E-state index in [1.165, 1.54) is 14.2 Å². The van der Waals surface area contributed by atoms with Crippen LogP contribution in [0.1, 0.15) is 27.9 Å². The van der Waals surface area contributed by atoms with Crippen LogP contribution in [0.5, 0.6) is 17.2 Å². The van der Waals surface area contributed by atoms with Crippen LogP contribution in [-0.4, -0.2) is 50.4 Å². The predicted molar refractivity (Wildman–Crippen MR) is 127 cm³/mol. The molecule has 0 aliphatic heterocycles. The third-order valence-electron chi connectivity index (χ3n) is 5.18. The van der Waals surface area contributed by atoms with Crippen LogP contribution < -0.4 is 14.2 Å². The minimum atomic E-state index is -1.01. The first-order chi connectivity index (χ1) is 16.5. The lowest BCUT2D eigenvalue weighted by atomic mass is 10.0. The molecule has 0 radical (unpaired) electrons. The van der Waals surface area contributed by atoms with E-state index in [-0.39, 0.29) is 12.2 Å². The van der Waals surface area contributed by atoms with E-state index in [1.807, 2.05) is 18.2 Å². The molecular weight excluding hydrogens is 436 g/mol. The minimum absolute atomic E-state index is 0.0267. The van der Waals surface area contributed by atoms with E-state index >= 15 is 0 Å². The second kappa shape index (κ2) is 12.4. The van der Waals surface area contributed by atoms with Gasteiger partial charge in [0.1, 0.15) is 5.75 Å². The topological polar surface area (TPSA) is 91.3 Å². The lowest BCUT2D eigenvalue weighted by Crippen LogP contribution is -2.24. The first-order valence-corrected chi connectivity index (χ1v) is 10.9. The van der Waals surface area contributed by atoms with Crippen molar-refractivity contribution < 1.29 is 33.6 Å². The zero-order valence-electron chi connectivity index (χ0n) is 19.2. The molecule has 3 aromatic rings. The van der Waals surface area contributed by atoms with Gasteiger partial charge in [-0.15, -0.1) is 0 Å². The monoisotopic (exact) mass is 464 g/mol. The normalized spacial score (nSPS) is 11.5. The molecule has 7 heteroatoms. The number of rotatable bonds is 13. The molecule has 1 atom stereocenters. The summed E-state index contributed by atoms with van der Waals surface area (Å²) in [6, 6.07) is 21.5. The maximum Gasteiger partial charge on any atom is 0.333 e. The molecule has 0 heterocycles. The molecule has 0 bridgehead atoms. The Morgan fingerprint density at radius 1 is 0.824 bits per heavy atom. The second-order valence-electron chi connectivity index (χ2n) is 7.52. The number of carboxylic acid groups (broad SMARTS) is 1. The Kier molecular flexibility index (Phi) is 9.05. The molecule has 0 aliphatic carbocycles. The van der Waals surface area contributed by atoms with Crippen LogP contribution in [0.2, 0.25) is 0 Å². The number of ether oxygens (including phenoxy) is 4. The van der Waals surface area contributed by atoms with E-state index in [0.717, 1.165) is 5.56 Å². The highest BCUT2D eigenvalue weighted by atomic mass is 16.5. The van der Waals surface area contributed by atoms with Crippen LogP contribution >= 0.6 is 0 Å². The summed E-state index contributed by atoms with van der Waals surface area (Å²) in [4.78, 5) is 23.6. The summed E-state index contributed by atoms with van der Waals surface area (Å²) in [5, 5.41) is 9.14. The van der Waals surface area contributed by atoms with Crippen molar-refractivity contribution in [2.75, 3.05) is 27.4 Å². The van der Waals surface area contributed by atoms with Crippen molar-refractivity contribution in [2.45, 2.75) is 18.9 Å². The molecule has 0 fully saturated rings. The SMILES string of the molecule is COc1cc(C[C@H](OC)C(=O)O)ccc1OCCCOc1ccc(C(=O)c2ccccc2)cc1. The Balaban J connectivity index is 1.45. The summed E-state index contributed by atoms with van der Waals surface area (Å²) in [6.45, 7) is 0.858. The molecule has 0 saturated heterocycles. The van der Waals surface area contributed by atoms with Gasteiger partial charge in [-0.1, -0.05) is 36.4 Å². The Morgan fingerprint density at radius 2 is 1.50 bits per heavy atom. The molecule has 0 aliphatic rings. The van der Waals surface area contributed by atoms with Gasteiger partial charge in [0.05, 0.1) is 20.3 Å². The van der Waals surface area contributed by atoms with Crippen molar-refractivity contribution in [3.63, 3.8) is 0 Å². The molecule has 0 aromatic heterocycles. The molecule has 0 saturated carbocycles. The molecule has 7 nitrogen and oxygen atoms in total. The first-order valence-electron chi connectivity index (χ1n) is 10.9. The van der Waals surface area contributed by atoms with E-state index < -0.39 is 12.1 Å². The number of carbonyl (C=O) groups excluding carboxylic acids is 1. The van der Waals surface area contributed by atoms with E-state index in [1.54, 1.807) is 54.6 Å². The number of carboxylic acids is 1. The lowest BCUT2D eigenvalue weighted by molar-refractivity contribution is -0.148. The van der Waals surface area contributed by atoms with E-state index in [0.29, 0.717) is 48.0 Å². The summed E-state index contributed by atoms with van der Waals surface area (Å²) in [6.07, 6.45) is -0.0500. The second-order valence-corrected chi connectivity index (χ2v) is 7.52. The third-order valence-corrected chi connectivity index (χ3v) is 5.18. The van der Waals surface area contributed by atoms with Crippen LogP contribution in [0.15, 0.2) is 72.8 Å². The number of aliphatic carboxylic acids is 1. The average molecular weight is 465 g/mol. The Bertz CT molecular complexity index is 1080. The molecule has 3 aromatic carbocycles. The van der Waals surface area contributed by atoms with Crippen molar-refractivity contribution in [2.24, 2.45) is 0 Å². The van der Waals surface area contributed by atoms with Gasteiger partial charge >= 0.3 is 5.97 Å². The van der Waals surface area contributed by atoms with Crippen molar-refractivity contribution in [1.82, 2.24) is 0 Å². The molecule has 34 heavy (non-hydrogen) atoms. The van der Waals surface area contributed by atoms with Gasteiger partial charge in [0.25, 0.3) is 0 Å². The highest BCUT2D eigenvalue weighted by Gasteiger charge is 2.18. The summed E-state index contributed by atoms with van der Waals surface area (Å²) in [7, 11) is 2.90. The number of benzene rings is 3. The number of hydrogen-bond donors (Lipinski definition) is 1. The fraction of sp³-hybridized carbons (Fsp3) is 0.259. The van der Waals surface area contributed by atoms with E-state index in [4.69, 9.17) is 24.1 Å². The number of hydrogen-bond acceptors (Lipinski definition) is 6. The third kappa shape index (κ3) is 6.83. The average Bonchev–Trinajstić information content (AvgIpc) is 2.87. The Hall–Kier alpha value is -3.84. The summed E-state index contributed by atoms with van der Waals surface area (Å²) >= 11 is 0. The van der Waals surface area contributed by atoms with Crippen molar-refractivity contribution in [3.8, 4) is 17.2 Å². The minimum Gasteiger partial charge on any atom is -0.493 e. The fourth-order valence-electron chi connectivity index (χ4n) is 3.33. The smallest absolute Gasteiger partial charge is 0.333 e. The van der Waals surface area contributed by atoms with Gasteiger partial charge in [-0.25, -0.2) is 4.79 Å². The van der Waals surface area contributed by atoms with Crippen LogP contribution in [0.25, 0.3) is 0 Å². The van der Waals surface area contributed by atoms with Crippen molar-refractivity contribution in [1.29, 1.82) is 0 Å². The van der Waals surface area contributed by atoms with Gasteiger partial charge in [-0.3, -0.25) is 4.79 Å². The van der Waals surface area contributed by atoms with Gasteiger partial charge in [0, 0.05) is 31.1 Å². The van der Waals surface area contributed by atoms with E-state index in [2.05, 4.69) is 0 Å². The van der Waals surface area contributed by atoms with Gasteiger partial charge in [-0.2, -0.15) is 0 Å². The molecule has 3 rings (SSSR count). The van der Waals surface area contributed by atoms with Gasteiger partial charge in [0.2, 0.25) is 0 Å². The van der Waals surface area contributed by atoms with Crippen LogP contribution in [0.4, 0.5) is 0 Å². The van der Waals surface area contributed by atoms with E-state index in [9.17, 15) is 9.59 Å². The molecular formula is C27H28O7. The molecule has 1 N–H and O–H groups in total. The number of carbonyl (C=O) groups is 2. The zero-order valence-corrected chi connectivity index (χ0v) is 19.2. The molecule has 0 spiro atoms. The first kappa shape index (κ1) is 24.8. The zero-order chi connectivity index (χ0) is 24.3. The summed E-state index contributed by atoms with van der Waals surface area (Å²) in [5.41, 5.74) is 2.03. The quantitative estimate of drug-likeness (QED) is 0.296. The summed E-state index contributed by atoms with van der Waals surface area (Å²) < 4.78 is 21.9. The van der Waals surface area contributed by atoms with Gasteiger partial charge < -0.3 is 24.1 Å². The highest BCUT2D eigenvalue weighted by Crippen LogP contribution is 2.29. The standard InChI is InChI=1S/C27H28O7/c1-31-24-17-19(18-25(32-2)27(29)30)9-14-23(24)34-16-6-15-33-22-12-10-21(11-13-22)26(28)20-7-4-3-5-8-20/h3-5,7-14,17,25H,6,15-16,18H2,1-2H3,(H,29,30)/t25-/m0/s1. The molecule has 178 valence electrons. The van der Waals surface area contributed by atoms with Crippen molar-refractivity contribution >= 4 is 11.8 Å². The summed E-state index contributed by atoms with van der Waals surface area (Å²) in [5.74, 6) is 0.731. The van der Waals surface area contributed by atoms with Crippen LogP contribution in [0, 0.1) is 0 Å². The Morgan fingerprint density at radius 3 is 2.15 bits per heavy atom. The number of methoxy groups -OCH3 is 2. The van der Waals surface area contributed by atoms with Crippen molar-refractivity contribution in [3.05, 3.63) is 89.5 Å². The molecule has 0 amide bonds. The Labute approximate surface area is 198 Å². The molecule has 0 unspecified atom stereocenters. The maximum absolute atomic E-state index is 12.5. The van der Waals surface area contributed by atoms with Gasteiger partial charge in [0.15, 0.2) is 23.4 Å². The number of ketones is 1.